The van der Waals surface area contributed by atoms with Gasteiger partial charge in [0.15, 0.2) is 5.96 Å². The Kier molecular flexibility index (Phi) is 7.09. The number of halogens is 1. The summed E-state index contributed by atoms with van der Waals surface area (Å²) >= 11 is 0. The van der Waals surface area contributed by atoms with Crippen LogP contribution in [-0.4, -0.2) is 46.3 Å². The van der Waals surface area contributed by atoms with Gasteiger partial charge in [0, 0.05) is 19.6 Å². The van der Waals surface area contributed by atoms with Crippen molar-refractivity contribution in [3.63, 3.8) is 0 Å². The van der Waals surface area contributed by atoms with Gasteiger partial charge in [-0.3, -0.25) is 9.30 Å². The molecule has 0 radical (unpaired) electrons. The van der Waals surface area contributed by atoms with E-state index in [1.807, 2.05) is 37.3 Å². The van der Waals surface area contributed by atoms with E-state index < -0.39 is 10.0 Å². The van der Waals surface area contributed by atoms with E-state index >= 15 is 0 Å². The zero-order valence-corrected chi connectivity index (χ0v) is 17.4. The molecule has 2 N–H and O–H groups in total. The maximum Gasteiger partial charge on any atom is 0.237 e. The molecule has 0 saturated carbocycles. The van der Waals surface area contributed by atoms with E-state index in [1.54, 1.807) is 6.07 Å². The number of aliphatic imine (C=N–C) groups is 1. The van der Waals surface area contributed by atoms with Crippen molar-refractivity contribution in [2.45, 2.75) is 19.8 Å². The summed E-state index contributed by atoms with van der Waals surface area (Å²) in [6.45, 7) is 3.83. The third kappa shape index (κ3) is 5.69. The maximum absolute atomic E-state index is 13.3. The molecule has 156 valence electrons. The van der Waals surface area contributed by atoms with Gasteiger partial charge >= 0.3 is 0 Å². The van der Waals surface area contributed by atoms with E-state index in [4.69, 9.17) is 0 Å². The summed E-state index contributed by atoms with van der Waals surface area (Å²) in [4.78, 5) is 4.39. The number of para-hydroxylation sites is 1. The zero-order chi connectivity index (χ0) is 20.7. The third-order valence-corrected chi connectivity index (χ3v) is 6.49. The first-order chi connectivity index (χ1) is 14.0. The van der Waals surface area contributed by atoms with Crippen LogP contribution in [0.15, 0.2) is 53.5 Å². The summed E-state index contributed by atoms with van der Waals surface area (Å²) in [5, 5.41) is 6.28. The number of sulfonamides is 1. The number of benzene rings is 2. The fourth-order valence-corrected chi connectivity index (χ4v) is 4.73. The number of nitrogens with one attached hydrogen (secondary N) is 2. The van der Waals surface area contributed by atoms with E-state index in [2.05, 4.69) is 15.6 Å². The van der Waals surface area contributed by atoms with Gasteiger partial charge in [0.05, 0.1) is 18.0 Å². The van der Waals surface area contributed by atoms with Crippen LogP contribution in [-0.2, 0) is 22.9 Å². The molecular formula is C21H27FN4O2S. The van der Waals surface area contributed by atoms with Crippen LogP contribution in [0.2, 0.25) is 0 Å². The minimum Gasteiger partial charge on any atom is -0.357 e. The van der Waals surface area contributed by atoms with E-state index in [-0.39, 0.29) is 18.1 Å². The van der Waals surface area contributed by atoms with Crippen molar-refractivity contribution >= 4 is 21.7 Å². The largest absolute Gasteiger partial charge is 0.357 e. The molecule has 0 saturated heterocycles. The van der Waals surface area contributed by atoms with E-state index in [0.29, 0.717) is 32.0 Å². The van der Waals surface area contributed by atoms with Gasteiger partial charge in [0.2, 0.25) is 10.0 Å². The van der Waals surface area contributed by atoms with Gasteiger partial charge in [-0.1, -0.05) is 30.3 Å². The molecule has 1 aliphatic heterocycles. The first-order valence-electron chi connectivity index (χ1n) is 9.84. The highest BCUT2D eigenvalue weighted by Gasteiger charge is 2.28. The predicted octanol–water partition coefficient (Wildman–Crippen LogP) is 2.32. The fourth-order valence-electron chi connectivity index (χ4n) is 3.34. The first kappa shape index (κ1) is 21.1. The Hall–Kier alpha value is -2.61. The SMILES string of the molecule is CCNC(=NCCS(=O)(=O)N1CCc2ccccc21)NCCc1cccc(F)c1. The second-order valence-electron chi connectivity index (χ2n) is 6.83. The van der Waals surface area contributed by atoms with Crippen LogP contribution >= 0.6 is 0 Å². The maximum atomic E-state index is 13.3. The highest BCUT2D eigenvalue weighted by Crippen LogP contribution is 2.29. The average Bonchev–Trinajstić information content (AvgIpc) is 3.13. The molecule has 0 spiro atoms. The number of nitrogens with zero attached hydrogens (tertiary/aromatic N) is 2. The van der Waals surface area contributed by atoms with Crippen molar-refractivity contribution in [1.82, 2.24) is 10.6 Å². The van der Waals surface area contributed by atoms with Crippen LogP contribution < -0.4 is 14.9 Å². The Morgan fingerprint density at radius 3 is 2.79 bits per heavy atom. The molecule has 0 bridgehead atoms. The second-order valence-corrected chi connectivity index (χ2v) is 8.85. The normalized spacial score (nSPS) is 14.0. The van der Waals surface area contributed by atoms with Crippen LogP contribution in [0.1, 0.15) is 18.1 Å². The molecule has 0 amide bonds. The van der Waals surface area contributed by atoms with Crippen molar-refractivity contribution in [1.29, 1.82) is 0 Å². The van der Waals surface area contributed by atoms with E-state index in [0.717, 1.165) is 23.2 Å². The summed E-state index contributed by atoms with van der Waals surface area (Å²) in [5.74, 6) is 0.250. The van der Waals surface area contributed by atoms with Gasteiger partial charge in [-0.15, -0.1) is 0 Å². The first-order valence-corrected chi connectivity index (χ1v) is 11.5. The third-order valence-electron chi connectivity index (χ3n) is 4.74. The Labute approximate surface area is 171 Å². The molecular weight excluding hydrogens is 391 g/mol. The standard InChI is InChI=1S/C21H27FN4O2S/c1-2-23-21(24-12-10-17-6-5-8-19(22)16-17)25-13-15-29(27,28)26-14-11-18-7-3-4-9-20(18)26/h3-9,16H,2,10-15H2,1H3,(H2,23,24,25). The highest BCUT2D eigenvalue weighted by atomic mass is 32.2. The molecule has 1 aliphatic rings. The number of hydrogen-bond acceptors (Lipinski definition) is 3. The number of fused-ring (bicyclic) bond motifs is 1. The molecule has 0 unspecified atom stereocenters. The average molecular weight is 419 g/mol. The Balaban J connectivity index is 1.54. The van der Waals surface area contributed by atoms with Crippen LogP contribution in [0.4, 0.5) is 10.1 Å². The molecule has 0 aliphatic carbocycles. The topological polar surface area (TPSA) is 73.8 Å². The molecule has 1 heterocycles. The lowest BCUT2D eigenvalue weighted by Gasteiger charge is -2.19. The number of rotatable bonds is 8. The predicted molar refractivity (Wildman–Crippen MR) is 115 cm³/mol. The molecule has 0 atom stereocenters. The van der Waals surface area contributed by atoms with Crippen LogP contribution in [0, 0.1) is 5.82 Å². The Morgan fingerprint density at radius 1 is 1.17 bits per heavy atom. The van der Waals surface area contributed by atoms with Crippen LogP contribution in [0.3, 0.4) is 0 Å². The molecule has 6 nitrogen and oxygen atoms in total. The number of anilines is 1. The minimum absolute atomic E-state index is 0.0538. The summed E-state index contributed by atoms with van der Waals surface area (Å²) < 4.78 is 40.2. The van der Waals surface area contributed by atoms with Crippen molar-refractivity contribution in [3.8, 4) is 0 Å². The smallest absolute Gasteiger partial charge is 0.237 e. The van der Waals surface area contributed by atoms with Gasteiger partial charge in [-0.25, -0.2) is 12.8 Å². The molecule has 3 rings (SSSR count). The van der Waals surface area contributed by atoms with Gasteiger partial charge < -0.3 is 10.6 Å². The highest BCUT2D eigenvalue weighted by molar-refractivity contribution is 7.92. The molecule has 0 aromatic heterocycles. The van der Waals surface area contributed by atoms with Gasteiger partial charge in [0.1, 0.15) is 5.82 Å². The van der Waals surface area contributed by atoms with E-state index in [9.17, 15) is 12.8 Å². The quantitative estimate of drug-likeness (QED) is 0.510. The molecule has 2 aromatic rings. The summed E-state index contributed by atoms with van der Waals surface area (Å²) in [6, 6.07) is 14.1. The molecule has 0 fully saturated rings. The number of guanidine groups is 1. The summed E-state index contributed by atoms with van der Waals surface area (Å²) in [6.07, 6.45) is 1.38. The van der Waals surface area contributed by atoms with Gasteiger partial charge in [0.25, 0.3) is 0 Å². The minimum atomic E-state index is -3.42. The van der Waals surface area contributed by atoms with Crippen molar-refractivity contribution in [3.05, 3.63) is 65.5 Å². The van der Waals surface area contributed by atoms with Crippen molar-refractivity contribution in [2.24, 2.45) is 4.99 Å². The van der Waals surface area contributed by atoms with Gasteiger partial charge in [-0.2, -0.15) is 0 Å². The lowest BCUT2D eigenvalue weighted by Crippen LogP contribution is -2.39. The van der Waals surface area contributed by atoms with Crippen LogP contribution in [0.5, 0.6) is 0 Å². The lowest BCUT2D eigenvalue weighted by atomic mass is 10.1. The second kappa shape index (κ2) is 9.73. The summed E-state index contributed by atoms with van der Waals surface area (Å²) in [7, 11) is -3.42. The van der Waals surface area contributed by atoms with Crippen LogP contribution in [0.25, 0.3) is 0 Å². The monoisotopic (exact) mass is 418 g/mol. The summed E-state index contributed by atoms with van der Waals surface area (Å²) in [5.41, 5.74) is 2.73. The van der Waals surface area contributed by atoms with E-state index in [1.165, 1.54) is 16.4 Å². The van der Waals surface area contributed by atoms with Crippen molar-refractivity contribution < 1.29 is 12.8 Å². The molecule has 29 heavy (non-hydrogen) atoms. The molecule has 2 aromatic carbocycles. The van der Waals surface area contributed by atoms with Crippen molar-refractivity contribution in [2.75, 3.05) is 36.2 Å². The Bertz CT molecular complexity index is 963. The zero-order valence-electron chi connectivity index (χ0n) is 16.6. The lowest BCUT2D eigenvalue weighted by molar-refractivity contribution is 0.592. The fraction of sp³-hybridized carbons (Fsp3) is 0.381. The van der Waals surface area contributed by atoms with Gasteiger partial charge in [-0.05, 0) is 49.1 Å². The number of hydrogen-bond donors (Lipinski definition) is 2. The molecule has 8 heteroatoms. The Morgan fingerprint density at radius 2 is 2.00 bits per heavy atom.